The molecule has 1 saturated heterocycles. The van der Waals surface area contributed by atoms with Gasteiger partial charge in [-0.05, 0) is 26.7 Å². The molecule has 20 heavy (non-hydrogen) atoms. The molecule has 1 amide bonds. The maximum atomic E-state index is 12.3. The fourth-order valence-corrected chi connectivity index (χ4v) is 2.54. The summed E-state index contributed by atoms with van der Waals surface area (Å²) in [7, 11) is 0. The Balaban J connectivity index is 1.93. The van der Waals surface area contributed by atoms with E-state index < -0.39 is 0 Å². The van der Waals surface area contributed by atoms with E-state index >= 15 is 0 Å². The van der Waals surface area contributed by atoms with Gasteiger partial charge in [-0.25, -0.2) is 0 Å². The lowest BCUT2D eigenvalue weighted by Gasteiger charge is -2.30. The number of amides is 1. The SMILES string of the molecule is CC(C)=CC(=O)N1CCC(C(=O)c2ccccc2)CC1. The Hall–Kier alpha value is -1.90. The van der Waals surface area contributed by atoms with E-state index in [2.05, 4.69) is 0 Å². The minimum Gasteiger partial charge on any atom is -0.339 e. The molecule has 1 aromatic rings. The number of benzene rings is 1. The number of allylic oxidation sites excluding steroid dienone is 1. The van der Waals surface area contributed by atoms with Gasteiger partial charge in [0.15, 0.2) is 5.78 Å². The van der Waals surface area contributed by atoms with Gasteiger partial charge in [0.1, 0.15) is 0 Å². The van der Waals surface area contributed by atoms with Crippen LogP contribution in [0.25, 0.3) is 0 Å². The predicted molar refractivity (Wildman–Crippen MR) is 79.5 cm³/mol. The van der Waals surface area contributed by atoms with Crippen molar-refractivity contribution in [1.29, 1.82) is 0 Å². The number of nitrogens with zero attached hydrogens (tertiary/aromatic N) is 1. The van der Waals surface area contributed by atoms with Gasteiger partial charge >= 0.3 is 0 Å². The Labute approximate surface area is 120 Å². The van der Waals surface area contributed by atoms with Crippen molar-refractivity contribution in [2.45, 2.75) is 26.7 Å². The Kier molecular flexibility index (Phi) is 4.72. The van der Waals surface area contributed by atoms with Crippen LogP contribution >= 0.6 is 0 Å². The lowest BCUT2D eigenvalue weighted by molar-refractivity contribution is -0.127. The molecule has 1 heterocycles. The maximum absolute atomic E-state index is 12.3. The van der Waals surface area contributed by atoms with Crippen LogP contribution in [-0.4, -0.2) is 29.7 Å². The maximum Gasteiger partial charge on any atom is 0.246 e. The van der Waals surface area contributed by atoms with Gasteiger partial charge in [-0.15, -0.1) is 0 Å². The Bertz CT molecular complexity index is 507. The third-order valence-electron chi connectivity index (χ3n) is 3.65. The summed E-state index contributed by atoms with van der Waals surface area (Å²) in [6, 6.07) is 9.42. The molecular formula is C17H21NO2. The zero-order valence-corrected chi connectivity index (χ0v) is 12.1. The average Bonchev–Trinajstić information content (AvgIpc) is 2.47. The number of hydrogen-bond acceptors (Lipinski definition) is 2. The van der Waals surface area contributed by atoms with Crippen molar-refractivity contribution < 1.29 is 9.59 Å². The first-order valence-electron chi connectivity index (χ1n) is 7.11. The number of rotatable bonds is 3. The van der Waals surface area contributed by atoms with Gasteiger partial charge in [-0.2, -0.15) is 0 Å². The lowest BCUT2D eigenvalue weighted by Crippen LogP contribution is -2.39. The molecule has 1 fully saturated rings. The zero-order chi connectivity index (χ0) is 14.5. The summed E-state index contributed by atoms with van der Waals surface area (Å²) >= 11 is 0. The van der Waals surface area contributed by atoms with Crippen molar-refractivity contribution in [3.63, 3.8) is 0 Å². The second-order valence-corrected chi connectivity index (χ2v) is 5.55. The summed E-state index contributed by atoms with van der Waals surface area (Å²) in [4.78, 5) is 26.1. The molecule has 3 heteroatoms. The molecule has 1 aliphatic rings. The Morgan fingerprint density at radius 3 is 2.25 bits per heavy atom. The van der Waals surface area contributed by atoms with Crippen LogP contribution in [-0.2, 0) is 4.79 Å². The molecule has 0 N–H and O–H groups in total. The van der Waals surface area contributed by atoms with Crippen molar-refractivity contribution in [3.05, 3.63) is 47.5 Å². The molecule has 106 valence electrons. The highest BCUT2D eigenvalue weighted by Gasteiger charge is 2.27. The predicted octanol–water partition coefficient (Wildman–Crippen LogP) is 3.07. The molecule has 0 radical (unpaired) electrons. The molecule has 3 nitrogen and oxygen atoms in total. The molecule has 0 aromatic heterocycles. The van der Waals surface area contributed by atoms with Crippen molar-refractivity contribution in [1.82, 2.24) is 4.90 Å². The van der Waals surface area contributed by atoms with Crippen LogP contribution in [0, 0.1) is 5.92 Å². The molecule has 0 unspecified atom stereocenters. The van der Waals surface area contributed by atoms with Gasteiger partial charge in [0.25, 0.3) is 0 Å². The van der Waals surface area contributed by atoms with E-state index in [1.54, 1.807) is 6.08 Å². The quantitative estimate of drug-likeness (QED) is 0.626. The Morgan fingerprint density at radius 1 is 1.10 bits per heavy atom. The highest BCUT2D eigenvalue weighted by atomic mass is 16.2. The number of hydrogen-bond donors (Lipinski definition) is 0. The third kappa shape index (κ3) is 3.56. The standard InChI is InChI=1S/C17H21NO2/c1-13(2)12-16(19)18-10-8-15(9-11-18)17(20)14-6-4-3-5-7-14/h3-7,12,15H,8-11H2,1-2H3. The minimum atomic E-state index is 0.0492. The highest BCUT2D eigenvalue weighted by Crippen LogP contribution is 2.22. The summed E-state index contributed by atoms with van der Waals surface area (Å²) in [5.41, 5.74) is 1.79. The van der Waals surface area contributed by atoms with E-state index in [-0.39, 0.29) is 17.6 Å². The number of carbonyl (C=O) groups excluding carboxylic acids is 2. The van der Waals surface area contributed by atoms with E-state index in [4.69, 9.17) is 0 Å². The third-order valence-corrected chi connectivity index (χ3v) is 3.65. The van der Waals surface area contributed by atoms with Gasteiger partial charge in [0.05, 0.1) is 0 Å². The molecule has 0 spiro atoms. The van der Waals surface area contributed by atoms with Crippen LogP contribution in [0.15, 0.2) is 42.0 Å². The number of piperidine rings is 1. The summed E-state index contributed by atoms with van der Waals surface area (Å²) < 4.78 is 0. The topological polar surface area (TPSA) is 37.4 Å². The normalized spacial score (nSPS) is 15.8. The monoisotopic (exact) mass is 271 g/mol. The molecule has 2 rings (SSSR count). The van der Waals surface area contributed by atoms with Gasteiger partial charge in [0.2, 0.25) is 5.91 Å². The average molecular weight is 271 g/mol. The van der Waals surface area contributed by atoms with Gasteiger partial charge < -0.3 is 4.90 Å². The van der Waals surface area contributed by atoms with Gasteiger partial charge in [0, 0.05) is 30.6 Å². The Morgan fingerprint density at radius 2 is 1.70 bits per heavy atom. The van der Waals surface area contributed by atoms with Crippen LogP contribution in [0.2, 0.25) is 0 Å². The molecule has 0 saturated carbocycles. The molecular weight excluding hydrogens is 250 g/mol. The number of likely N-dealkylation sites (tertiary alicyclic amines) is 1. The summed E-state index contributed by atoms with van der Waals surface area (Å²) in [6.45, 7) is 5.19. The van der Waals surface area contributed by atoms with Gasteiger partial charge in [-0.3, -0.25) is 9.59 Å². The molecule has 0 bridgehead atoms. The first-order chi connectivity index (χ1) is 9.58. The summed E-state index contributed by atoms with van der Waals surface area (Å²) in [6.07, 6.45) is 3.19. The van der Waals surface area contributed by atoms with E-state index in [1.165, 1.54) is 0 Å². The zero-order valence-electron chi connectivity index (χ0n) is 12.1. The van der Waals surface area contributed by atoms with Crippen molar-refractivity contribution in [3.8, 4) is 0 Å². The van der Waals surface area contributed by atoms with Crippen LogP contribution in [0.5, 0.6) is 0 Å². The molecule has 0 atom stereocenters. The van der Waals surface area contributed by atoms with Crippen molar-refractivity contribution in [2.24, 2.45) is 5.92 Å². The van der Waals surface area contributed by atoms with Crippen LogP contribution in [0.3, 0.4) is 0 Å². The second kappa shape index (κ2) is 6.51. The van der Waals surface area contributed by atoms with Gasteiger partial charge in [-0.1, -0.05) is 35.9 Å². The highest BCUT2D eigenvalue weighted by molar-refractivity contribution is 5.98. The number of ketones is 1. The van der Waals surface area contributed by atoms with Crippen LogP contribution < -0.4 is 0 Å². The van der Waals surface area contributed by atoms with Crippen LogP contribution in [0.4, 0.5) is 0 Å². The number of Topliss-reactive ketones (excluding diaryl/α,β-unsaturated/α-hetero) is 1. The lowest BCUT2D eigenvalue weighted by atomic mass is 9.89. The number of carbonyl (C=O) groups is 2. The van der Waals surface area contributed by atoms with Crippen LogP contribution in [0.1, 0.15) is 37.0 Å². The summed E-state index contributed by atoms with van der Waals surface area (Å²) in [5, 5.41) is 0. The van der Waals surface area contributed by atoms with E-state index in [0.717, 1.165) is 24.0 Å². The summed E-state index contributed by atoms with van der Waals surface area (Å²) in [5.74, 6) is 0.323. The van der Waals surface area contributed by atoms with E-state index in [0.29, 0.717) is 13.1 Å². The molecule has 0 aliphatic carbocycles. The minimum absolute atomic E-state index is 0.0492. The first-order valence-corrected chi connectivity index (χ1v) is 7.11. The second-order valence-electron chi connectivity index (χ2n) is 5.55. The molecule has 1 aromatic carbocycles. The fourth-order valence-electron chi connectivity index (χ4n) is 2.54. The van der Waals surface area contributed by atoms with E-state index in [9.17, 15) is 9.59 Å². The fraction of sp³-hybridized carbons (Fsp3) is 0.412. The largest absolute Gasteiger partial charge is 0.339 e. The molecule has 1 aliphatic heterocycles. The van der Waals surface area contributed by atoms with E-state index in [1.807, 2.05) is 49.1 Å². The van der Waals surface area contributed by atoms with Crippen molar-refractivity contribution in [2.75, 3.05) is 13.1 Å². The smallest absolute Gasteiger partial charge is 0.246 e. The first kappa shape index (κ1) is 14.5. The van der Waals surface area contributed by atoms with Crippen molar-refractivity contribution >= 4 is 11.7 Å².